The lowest BCUT2D eigenvalue weighted by atomic mass is 10.2. The summed E-state index contributed by atoms with van der Waals surface area (Å²) in [7, 11) is 0. The number of nitrogens with one attached hydrogen (secondary N) is 1. The molecule has 0 heterocycles. The second kappa shape index (κ2) is 7.31. The normalized spacial score (nSPS) is 11.5. The van der Waals surface area contributed by atoms with Crippen LogP contribution in [0.4, 0.5) is 5.69 Å². The molecular formula is C14H19NO4. The Labute approximate surface area is 112 Å². The van der Waals surface area contributed by atoms with E-state index in [1.807, 2.05) is 13.8 Å². The van der Waals surface area contributed by atoms with E-state index < -0.39 is 12.0 Å². The monoisotopic (exact) mass is 265 g/mol. The Morgan fingerprint density at radius 1 is 1.37 bits per heavy atom. The van der Waals surface area contributed by atoms with Gasteiger partial charge in [0.25, 0.3) is 0 Å². The first-order valence-electron chi connectivity index (χ1n) is 6.13. The third kappa shape index (κ3) is 4.21. The highest BCUT2D eigenvalue weighted by atomic mass is 16.5. The third-order valence-corrected chi connectivity index (χ3v) is 2.37. The number of benzene rings is 1. The summed E-state index contributed by atoms with van der Waals surface area (Å²) in [6, 6.07) is 4.37. The maximum absolute atomic E-state index is 10.9. The molecule has 1 unspecified atom stereocenters. The molecule has 19 heavy (non-hydrogen) atoms. The van der Waals surface area contributed by atoms with Crippen molar-refractivity contribution in [3.63, 3.8) is 0 Å². The molecule has 104 valence electrons. The number of hydrogen-bond acceptors (Lipinski definition) is 4. The van der Waals surface area contributed by atoms with E-state index in [0.29, 0.717) is 30.4 Å². The number of anilines is 1. The molecule has 0 amide bonds. The first-order valence-corrected chi connectivity index (χ1v) is 6.13. The second-order valence-electron chi connectivity index (χ2n) is 3.72. The largest absolute Gasteiger partial charge is 0.490 e. The standard InChI is InChI=1S/C14H19NO4/c1-4-11(14(16)17)15-10-7-8-12(18-5-2)13(9-10)19-6-3/h4,7-9,11,15H,1,5-6H2,2-3H3,(H,16,17). The van der Waals surface area contributed by atoms with Gasteiger partial charge in [0, 0.05) is 11.8 Å². The number of carbonyl (C=O) groups is 1. The number of rotatable bonds is 8. The topological polar surface area (TPSA) is 67.8 Å². The minimum absolute atomic E-state index is 0.507. The maximum Gasteiger partial charge on any atom is 0.330 e. The van der Waals surface area contributed by atoms with Crippen molar-refractivity contribution in [2.45, 2.75) is 19.9 Å². The Kier molecular flexibility index (Phi) is 5.73. The molecule has 0 bridgehead atoms. The van der Waals surface area contributed by atoms with Crippen LogP contribution in [-0.4, -0.2) is 30.3 Å². The second-order valence-corrected chi connectivity index (χ2v) is 3.72. The van der Waals surface area contributed by atoms with Crippen molar-refractivity contribution < 1.29 is 19.4 Å². The molecule has 0 radical (unpaired) electrons. The van der Waals surface area contributed by atoms with Gasteiger partial charge < -0.3 is 19.9 Å². The van der Waals surface area contributed by atoms with Crippen LogP contribution >= 0.6 is 0 Å². The molecule has 0 saturated heterocycles. The quantitative estimate of drug-likeness (QED) is 0.707. The van der Waals surface area contributed by atoms with Crippen LogP contribution in [-0.2, 0) is 4.79 Å². The van der Waals surface area contributed by atoms with Crippen molar-refractivity contribution in [1.29, 1.82) is 0 Å². The summed E-state index contributed by atoms with van der Waals surface area (Å²) < 4.78 is 10.9. The smallest absolute Gasteiger partial charge is 0.330 e. The molecule has 0 aliphatic rings. The Morgan fingerprint density at radius 3 is 2.53 bits per heavy atom. The first-order chi connectivity index (χ1) is 9.12. The zero-order chi connectivity index (χ0) is 14.3. The van der Waals surface area contributed by atoms with Crippen molar-refractivity contribution in [1.82, 2.24) is 0 Å². The lowest BCUT2D eigenvalue weighted by Gasteiger charge is -2.15. The van der Waals surface area contributed by atoms with Gasteiger partial charge in [-0.15, -0.1) is 6.58 Å². The van der Waals surface area contributed by atoms with Gasteiger partial charge in [-0.3, -0.25) is 0 Å². The van der Waals surface area contributed by atoms with Crippen molar-refractivity contribution in [3.05, 3.63) is 30.9 Å². The molecular weight excluding hydrogens is 246 g/mol. The van der Waals surface area contributed by atoms with Crippen LogP contribution in [0.15, 0.2) is 30.9 Å². The molecule has 2 N–H and O–H groups in total. The van der Waals surface area contributed by atoms with E-state index in [4.69, 9.17) is 14.6 Å². The Balaban J connectivity index is 2.93. The minimum atomic E-state index is -0.984. The molecule has 0 spiro atoms. The van der Waals surface area contributed by atoms with E-state index in [1.54, 1.807) is 18.2 Å². The van der Waals surface area contributed by atoms with E-state index >= 15 is 0 Å². The minimum Gasteiger partial charge on any atom is -0.490 e. The molecule has 0 aromatic heterocycles. The van der Waals surface area contributed by atoms with Gasteiger partial charge in [0.2, 0.25) is 0 Å². The molecule has 1 atom stereocenters. The number of ether oxygens (including phenoxy) is 2. The summed E-state index contributed by atoms with van der Waals surface area (Å²) in [6.07, 6.45) is 1.33. The van der Waals surface area contributed by atoms with Crippen LogP contribution in [0.25, 0.3) is 0 Å². The molecule has 0 fully saturated rings. The van der Waals surface area contributed by atoms with Gasteiger partial charge in [-0.25, -0.2) is 4.79 Å². The van der Waals surface area contributed by atoms with Gasteiger partial charge in [0.1, 0.15) is 6.04 Å². The average Bonchev–Trinajstić information content (AvgIpc) is 2.39. The number of carboxylic acid groups (broad SMARTS) is 1. The van der Waals surface area contributed by atoms with Crippen LogP contribution in [0.3, 0.4) is 0 Å². The predicted octanol–water partition coefficient (Wildman–Crippen LogP) is 2.54. The fourth-order valence-corrected chi connectivity index (χ4v) is 1.54. The number of carboxylic acids is 1. The van der Waals surface area contributed by atoms with Crippen LogP contribution in [0.1, 0.15) is 13.8 Å². The third-order valence-electron chi connectivity index (χ3n) is 2.37. The van der Waals surface area contributed by atoms with E-state index in [1.165, 1.54) is 6.08 Å². The zero-order valence-electron chi connectivity index (χ0n) is 11.2. The summed E-state index contributed by atoms with van der Waals surface area (Å²) in [5.41, 5.74) is 0.638. The van der Waals surface area contributed by atoms with Gasteiger partial charge in [0.05, 0.1) is 13.2 Å². The molecule has 5 nitrogen and oxygen atoms in total. The van der Waals surface area contributed by atoms with Gasteiger partial charge in [-0.1, -0.05) is 6.08 Å². The van der Waals surface area contributed by atoms with Crippen molar-refractivity contribution in [2.24, 2.45) is 0 Å². The summed E-state index contributed by atoms with van der Waals surface area (Å²) in [5, 5.41) is 11.8. The number of aliphatic carboxylic acids is 1. The molecule has 5 heteroatoms. The van der Waals surface area contributed by atoms with Gasteiger partial charge in [-0.05, 0) is 26.0 Å². The molecule has 1 aromatic carbocycles. The van der Waals surface area contributed by atoms with Crippen molar-refractivity contribution in [2.75, 3.05) is 18.5 Å². The van der Waals surface area contributed by atoms with Crippen LogP contribution in [0.2, 0.25) is 0 Å². The fourth-order valence-electron chi connectivity index (χ4n) is 1.54. The van der Waals surface area contributed by atoms with E-state index in [-0.39, 0.29) is 0 Å². The van der Waals surface area contributed by atoms with Gasteiger partial charge in [0.15, 0.2) is 11.5 Å². The fraction of sp³-hybridized carbons (Fsp3) is 0.357. The molecule has 0 aliphatic heterocycles. The molecule has 1 aromatic rings. The Morgan fingerprint density at radius 2 is 2.00 bits per heavy atom. The SMILES string of the molecule is C=CC(Nc1ccc(OCC)c(OCC)c1)C(=O)O. The first kappa shape index (κ1) is 14.9. The predicted molar refractivity (Wildman–Crippen MR) is 74.0 cm³/mol. The van der Waals surface area contributed by atoms with Gasteiger partial charge >= 0.3 is 5.97 Å². The summed E-state index contributed by atoms with van der Waals surface area (Å²) >= 11 is 0. The highest BCUT2D eigenvalue weighted by Gasteiger charge is 2.14. The lowest BCUT2D eigenvalue weighted by Crippen LogP contribution is -2.26. The van der Waals surface area contributed by atoms with Crippen LogP contribution < -0.4 is 14.8 Å². The Bertz CT molecular complexity index is 445. The maximum atomic E-state index is 10.9. The molecule has 1 rings (SSSR count). The average molecular weight is 265 g/mol. The van der Waals surface area contributed by atoms with Crippen molar-refractivity contribution in [3.8, 4) is 11.5 Å². The molecule has 0 saturated carbocycles. The van der Waals surface area contributed by atoms with Gasteiger partial charge in [-0.2, -0.15) is 0 Å². The summed E-state index contributed by atoms with van der Waals surface area (Å²) in [5.74, 6) is 0.241. The summed E-state index contributed by atoms with van der Waals surface area (Å²) in [6.45, 7) is 8.29. The highest BCUT2D eigenvalue weighted by molar-refractivity contribution is 5.79. The highest BCUT2D eigenvalue weighted by Crippen LogP contribution is 2.30. The van der Waals surface area contributed by atoms with E-state index in [2.05, 4.69) is 11.9 Å². The Hall–Kier alpha value is -2.17. The van der Waals surface area contributed by atoms with Crippen molar-refractivity contribution >= 4 is 11.7 Å². The van der Waals surface area contributed by atoms with E-state index in [0.717, 1.165) is 0 Å². The zero-order valence-corrected chi connectivity index (χ0v) is 11.2. The number of hydrogen-bond donors (Lipinski definition) is 2. The summed E-state index contributed by atoms with van der Waals surface area (Å²) in [4.78, 5) is 10.9. The van der Waals surface area contributed by atoms with Crippen LogP contribution in [0.5, 0.6) is 11.5 Å². The van der Waals surface area contributed by atoms with Crippen LogP contribution in [0, 0.1) is 0 Å². The van der Waals surface area contributed by atoms with E-state index in [9.17, 15) is 4.79 Å². The lowest BCUT2D eigenvalue weighted by molar-refractivity contribution is -0.136. The molecule has 0 aliphatic carbocycles.